The van der Waals surface area contributed by atoms with Crippen molar-refractivity contribution in [2.24, 2.45) is 11.3 Å². The Labute approximate surface area is 230 Å². The Kier molecular flexibility index (Phi) is 8.18. The molecule has 1 aliphatic carbocycles. The van der Waals surface area contributed by atoms with Gasteiger partial charge in [-0.2, -0.15) is 13.2 Å². The second-order valence-electron chi connectivity index (χ2n) is 11.5. The number of benzene rings is 1. The molecule has 2 aliphatic rings. The van der Waals surface area contributed by atoms with E-state index in [1.807, 2.05) is 0 Å². The highest BCUT2D eigenvalue weighted by Gasteiger charge is 2.56. The average molecular weight is 566 g/mol. The van der Waals surface area contributed by atoms with Crippen LogP contribution in [-0.2, 0) is 11.3 Å². The highest BCUT2D eigenvalue weighted by molar-refractivity contribution is 6.00. The normalized spacial score (nSPS) is 21.4. The highest BCUT2D eigenvalue weighted by Crippen LogP contribution is 2.52. The van der Waals surface area contributed by atoms with Gasteiger partial charge in [0.25, 0.3) is 11.5 Å². The van der Waals surface area contributed by atoms with Crippen LogP contribution >= 0.6 is 0 Å². The SMILES string of the molecule is C[C@H](CC(F)(F)F)C(=O)N1CC[C@@](O)(Cn2cc(C(=O)N(C)C)c(-c3ccccc3F)cc2=O)C2(CCCC2)C1. The van der Waals surface area contributed by atoms with E-state index in [9.17, 15) is 37.1 Å². The zero-order chi connectivity index (χ0) is 29.5. The lowest BCUT2D eigenvalue weighted by Gasteiger charge is -2.52. The zero-order valence-corrected chi connectivity index (χ0v) is 22.9. The van der Waals surface area contributed by atoms with Gasteiger partial charge in [-0.25, -0.2) is 4.39 Å². The molecule has 1 spiro atoms. The number of piperidine rings is 1. The van der Waals surface area contributed by atoms with Crippen LogP contribution in [0.15, 0.2) is 41.3 Å². The Hall–Kier alpha value is -3.21. The molecule has 2 aromatic rings. The molecule has 1 aliphatic heterocycles. The molecule has 0 unspecified atom stereocenters. The first kappa shape index (κ1) is 29.8. The summed E-state index contributed by atoms with van der Waals surface area (Å²) in [5, 5.41) is 12.1. The summed E-state index contributed by atoms with van der Waals surface area (Å²) in [6, 6.07) is 7.02. The van der Waals surface area contributed by atoms with E-state index in [-0.39, 0.29) is 42.7 Å². The molecule has 0 bridgehead atoms. The Balaban J connectivity index is 1.69. The fraction of sp³-hybridized carbons (Fsp3) is 0.552. The third kappa shape index (κ3) is 5.80. The molecule has 2 amide bonds. The molecular formula is C29H35F4N3O4. The summed E-state index contributed by atoms with van der Waals surface area (Å²) in [5.41, 5.74) is -2.47. The van der Waals surface area contributed by atoms with Gasteiger partial charge in [-0.1, -0.05) is 38.0 Å². The number of likely N-dealkylation sites (tertiary alicyclic amines) is 1. The fourth-order valence-corrected chi connectivity index (χ4v) is 6.33. The van der Waals surface area contributed by atoms with Crippen molar-refractivity contribution < 1.29 is 32.3 Å². The van der Waals surface area contributed by atoms with Crippen molar-refractivity contribution >= 4 is 11.8 Å². The van der Waals surface area contributed by atoms with E-state index >= 15 is 0 Å². The number of aromatic nitrogens is 1. The molecule has 11 heteroatoms. The van der Waals surface area contributed by atoms with Crippen LogP contribution < -0.4 is 5.56 Å². The number of alkyl halides is 3. The molecule has 2 fully saturated rings. The van der Waals surface area contributed by atoms with Crippen molar-refractivity contribution in [1.29, 1.82) is 0 Å². The van der Waals surface area contributed by atoms with Gasteiger partial charge in [-0.15, -0.1) is 0 Å². The second-order valence-corrected chi connectivity index (χ2v) is 11.5. The van der Waals surface area contributed by atoms with Crippen molar-refractivity contribution in [3.8, 4) is 11.1 Å². The Bertz CT molecular complexity index is 1330. The molecule has 7 nitrogen and oxygen atoms in total. The molecule has 40 heavy (non-hydrogen) atoms. The predicted octanol–water partition coefficient (Wildman–Crippen LogP) is 4.47. The predicted molar refractivity (Wildman–Crippen MR) is 141 cm³/mol. The molecule has 2 heterocycles. The number of carbonyl (C=O) groups excluding carboxylic acids is 2. The molecule has 1 saturated heterocycles. The Morgan fingerprint density at radius 3 is 2.35 bits per heavy atom. The van der Waals surface area contributed by atoms with Gasteiger partial charge in [0.1, 0.15) is 5.82 Å². The van der Waals surface area contributed by atoms with Crippen LogP contribution in [0.5, 0.6) is 0 Å². The average Bonchev–Trinajstić information content (AvgIpc) is 3.35. The number of hydrogen-bond acceptors (Lipinski definition) is 4. The number of hydrogen-bond donors (Lipinski definition) is 1. The first-order valence-corrected chi connectivity index (χ1v) is 13.5. The maximum Gasteiger partial charge on any atom is 0.389 e. The van der Waals surface area contributed by atoms with Gasteiger partial charge in [-0.3, -0.25) is 14.4 Å². The van der Waals surface area contributed by atoms with Crippen LogP contribution in [0.4, 0.5) is 17.6 Å². The van der Waals surface area contributed by atoms with Gasteiger partial charge in [0.05, 0.1) is 24.1 Å². The molecule has 1 N–H and O–H groups in total. The van der Waals surface area contributed by atoms with E-state index in [2.05, 4.69) is 0 Å². The third-order valence-electron chi connectivity index (χ3n) is 8.47. The summed E-state index contributed by atoms with van der Waals surface area (Å²) in [6.45, 7) is 1.23. The van der Waals surface area contributed by atoms with E-state index < -0.39 is 52.7 Å². The zero-order valence-electron chi connectivity index (χ0n) is 22.9. The van der Waals surface area contributed by atoms with Gasteiger partial charge < -0.3 is 19.5 Å². The molecule has 1 saturated carbocycles. The Morgan fingerprint density at radius 1 is 1.10 bits per heavy atom. The number of rotatable bonds is 6. The van der Waals surface area contributed by atoms with Crippen LogP contribution in [0.25, 0.3) is 11.1 Å². The van der Waals surface area contributed by atoms with Crippen molar-refractivity contribution in [3.63, 3.8) is 0 Å². The smallest absolute Gasteiger partial charge is 0.387 e. The molecule has 1 aromatic carbocycles. The minimum Gasteiger partial charge on any atom is -0.387 e. The minimum absolute atomic E-state index is 0.0465. The summed E-state index contributed by atoms with van der Waals surface area (Å²) in [5.74, 6) is -2.88. The van der Waals surface area contributed by atoms with E-state index in [4.69, 9.17) is 0 Å². The number of carbonyl (C=O) groups is 2. The van der Waals surface area contributed by atoms with Crippen LogP contribution in [0.2, 0.25) is 0 Å². The number of amides is 2. The van der Waals surface area contributed by atoms with Gasteiger partial charge in [0.2, 0.25) is 5.91 Å². The van der Waals surface area contributed by atoms with E-state index in [0.29, 0.717) is 12.8 Å². The molecule has 4 rings (SSSR count). The molecule has 218 valence electrons. The topological polar surface area (TPSA) is 82.8 Å². The number of halogens is 4. The molecule has 1 aromatic heterocycles. The van der Waals surface area contributed by atoms with Crippen LogP contribution in [-0.4, -0.2) is 70.3 Å². The minimum atomic E-state index is -4.46. The van der Waals surface area contributed by atoms with Gasteiger partial charge in [0.15, 0.2) is 0 Å². The van der Waals surface area contributed by atoms with E-state index in [0.717, 1.165) is 12.8 Å². The van der Waals surface area contributed by atoms with Gasteiger partial charge >= 0.3 is 6.18 Å². The number of nitrogens with zero attached hydrogens (tertiary/aromatic N) is 3. The standard InChI is InChI=1S/C29H35F4N3O4/c1-19(15-29(31,32)33)25(38)35-13-12-28(40,27(17-35)10-6-7-11-27)18-36-16-22(26(39)34(2)3)21(14-24(36)37)20-8-4-5-9-23(20)30/h4-5,8-9,14,16,19,40H,6-7,10-13,15,17-18H2,1-3H3/t19-,28-/m1/s1. The van der Waals surface area contributed by atoms with Crippen LogP contribution in [0.3, 0.4) is 0 Å². The second kappa shape index (κ2) is 11.0. The lowest BCUT2D eigenvalue weighted by molar-refractivity contribution is -0.172. The summed E-state index contributed by atoms with van der Waals surface area (Å²) < 4.78 is 54.7. The summed E-state index contributed by atoms with van der Waals surface area (Å²) >= 11 is 0. The van der Waals surface area contributed by atoms with Crippen molar-refractivity contribution in [3.05, 3.63) is 58.3 Å². The van der Waals surface area contributed by atoms with Gasteiger partial charge in [0, 0.05) is 61.9 Å². The van der Waals surface area contributed by atoms with E-state index in [1.165, 1.54) is 65.8 Å². The maximum atomic E-state index is 14.7. The monoisotopic (exact) mass is 565 g/mol. The maximum absolute atomic E-state index is 14.7. The Morgan fingerprint density at radius 2 is 1.75 bits per heavy atom. The first-order chi connectivity index (χ1) is 18.7. The van der Waals surface area contributed by atoms with Crippen LogP contribution in [0.1, 0.15) is 55.8 Å². The first-order valence-electron chi connectivity index (χ1n) is 13.5. The summed E-state index contributed by atoms with van der Waals surface area (Å²) in [4.78, 5) is 42.1. The van der Waals surface area contributed by atoms with Crippen molar-refractivity contribution in [2.45, 2.75) is 63.8 Å². The lowest BCUT2D eigenvalue weighted by Crippen LogP contribution is -2.62. The third-order valence-corrected chi connectivity index (χ3v) is 8.47. The highest BCUT2D eigenvalue weighted by atomic mass is 19.4. The van der Waals surface area contributed by atoms with Crippen molar-refractivity contribution in [1.82, 2.24) is 14.4 Å². The van der Waals surface area contributed by atoms with E-state index in [1.54, 1.807) is 6.07 Å². The summed E-state index contributed by atoms with van der Waals surface area (Å²) in [7, 11) is 3.08. The number of aliphatic hydroxyl groups is 1. The largest absolute Gasteiger partial charge is 0.389 e. The fourth-order valence-electron chi connectivity index (χ4n) is 6.33. The quantitative estimate of drug-likeness (QED) is 0.524. The number of pyridine rings is 1. The summed E-state index contributed by atoms with van der Waals surface area (Å²) in [6.07, 6.45) is -1.63. The van der Waals surface area contributed by atoms with Crippen molar-refractivity contribution in [2.75, 3.05) is 27.2 Å². The van der Waals surface area contributed by atoms with Crippen LogP contribution in [0, 0.1) is 17.2 Å². The lowest BCUT2D eigenvalue weighted by atomic mass is 9.65. The molecule has 0 radical (unpaired) electrons. The molecular weight excluding hydrogens is 530 g/mol. The molecule has 2 atom stereocenters. The van der Waals surface area contributed by atoms with Gasteiger partial charge in [-0.05, 0) is 25.3 Å².